The molecule has 0 fully saturated rings. The van der Waals surface area contributed by atoms with Crippen LogP contribution < -0.4 is 4.57 Å². The Balaban J connectivity index is 2.14. The van der Waals surface area contributed by atoms with Gasteiger partial charge >= 0.3 is 5.82 Å². The van der Waals surface area contributed by atoms with Crippen LogP contribution in [-0.2, 0) is 0 Å². The Bertz CT molecular complexity index is 1100. The normalized spacial score (nSPS) is 15.6. The summed E-state index contributed by atoms with van der Waals surface area (Å²) in [7, 11) is 0. The molecule has 0 saturated heterocycles. The van der Waals surface area contributed by atoms with E-state index in [-0.39, 0.29) is 21.3 Å². The van der Waals surface area contributed by atoms with Crippen LogP contribution in [0.5, 0.6) is 0 Å². The van der Waals surface area contributed by atoms with Gasteiger partial charge in [0.15, 0.2) is 12.2 Å². The first-order valence-electron chi connectivity index (χ1n) is 7.96. The van der Waals surface area contributed by atoms with Gasteiger partial charge in [-0.05, 0) is 47.1 Å². The number of benzene rings is 2. The van der Waals surface area contributed by atoms with Crippen LogP contribution in [0.2, 0.25) is 10.0 Å². The molecule has 2 heterocycles. The van der Waals surface area contributed by atoms with Gasteiger partial charge < -0.3 is 0 Å². The van der Waals surface area contributed by atoms with E-state index < -0.39 is 17.7 Å². The molecule has 0 N–H and O–H groups in total. The molecule has 3 nitrogen and oxygen atoms in total. The molecular formula is C19H11BrCl2F2N3+. The zero-order chi connectivity index (χ0) is 19.3. The SMILES string of the molecule is CC1N=C(c2c(F)cccc2F)c2c(ccc(Cl)c2Cl)-[n+]2cc(Br)cnc21. The first-order chi connectivity index (χ1) is 12.9. The highest BCUT2D eigenvalue weighted by Gasteiger charge is 2.33. The molecule has 0 saturated carbocycles. The fourth-order valence-electron chi connectivity index (χ4n) is 3.11. The minimum atomic E-state index is -0.729. The van der Waals surface area contributed by atoms with E-state index in [9.17, 15) is 8.78 Å². The van der Waals surface area contributed by atoms with Crippen molar-refractivity contribution in [3.8, 4) is 5.69 Å². The Morgan fingerprint density at radius 1 is 1.07 bits per heavy atom. The molecule has 136 valence electrons. The van der Waals surface area contributed by atoms with Crippen molar-refractivity contribution in [2.45, 2.75) is 13.0 Å². The maximum absolute atomic E-state index is 14.6. The molecule has 3 aromatic rings. The molecule has 4 rings (SSSR count). The van der Waals surface area contributed by atoms with Crippen LogP contribution in [0.1, 0.15) is 29.9 Å². The molecule has 1 aliphatic heterocycles. The van der Waals surface area contributed by atoms with E-state index in [1.807, 2.05) is 0 Å². The van der Waals surface area contributed by atoms with Crippen molar-refractivity contribution in [3.63, 3.8) is 0 Å². The number of aromatic nitrogens is 2. The summed E-state index contributed by atoms with van der Waals surface area (Å²) in [5.74, 6) is -0.856. The highest BCUT2D eigenvalue weighted by atomic mass is 79.9. The van der Waals surface area contributed by atoms with Crippen molar-refractivity contribution in [1.82, 2.24) is 4.98 Å². The molecule has 0 radical (unpaired) electrons. The van der Waals surface area contributed by atoms with Crippen molar-refractivity contribution >= 4 is 44.8 Å². The van der Waals surface area contributed by atoms with E-state index in [0.29, 0.717) is 17.1 Å². The van der Waals surface area contributed by atoms with Crippen LogP contribution in [0.4, 0.5) is 8.78 Å². The molecule has 27 heavy (non-hydrogen) atoms. The molecule has 0 spiro atoms. The highest BCUT2D eigenvalue weighted by Crippen LogP contribution is 2.35. The fourth-order valence-corrected chi connectivity index (χ4v) is 3.82. The minimum absolute atomic E-state index is 0.0993. The van der Waals surface area contributed by atoms with E-state index in [1.54, 1.807) is 36.0 Å². The molecule has 1 unspecified atom stereocenters. The standard InChI is InChI=1S/C19H11BrCl2F2N3/c1-9-19-25-7-10(20)8-27(19)14-6-5-11(21)17(22)16(14)18(26-9)15-12(23)3-2-4-13(15)24/h2-9H,1H3/q+1. The summed E-state index contributed by atoms with van der Waals surface area (Å²) in [6.45, 7) is 1.80. The summed E-state index contributed by atoms with van der Waals surface area (Å²) < 4.78 is 31.7. The Labute approximate surface area is 172 Å². The maximum Gasteiger partial charge on any atom is 0.327 e. The predicted molar refractivity (Wildman–Crippen MR) is 104 cm³/mol. The van der Waals surface area contributed by atoms with E-state index >= 15 is 0 Å². The van der Waals surface area contributed by atoms with E-state index in [1.165, 1.54) is 18.2 Å². The zero-order valence-electron chi connectivity index (χ0n) is 13.9. The lowest BCUT2D eigenvalue weighted by atomic mass is 9.99. The fraction of sp³-hybridized carbons (Fsp3) is 0.105. The molecule has 8 heteroatoms. The van der Waals surface area contributed by atoms with Gasteiger partial charge in [-0.15, -0.1) is 0 Å². The van der Waals surface area contributed by atoms with Crippen LogP contribution in [0.3, 0.4) is 0 Å². The van der Waals surface area contributed by atoms with Crippen molar-refractivity contribution < 1.29 is 13.3 Å². The number of aliphatic imine (C=N–C) groups is 1. The Kier molecular flexibility index (Phi) is 4.74. The lowest BCUT2D eigenvalue weighted by Crippen LogP contribution is -2.38. The van der Waals surface area contributed by atoms with Gasteiger partial charge in [0.1, 0.15) is 28.0 Å². The summed E-state index contributed by atoms with van der Waals surface area (Å²) >= 11 is 16.1. The van der Waals surface area contributed by atoms with E-state index in [0.717, 1.165) is 4.47 Å². The van der Waals surface area contributed by atoms with Gasteiger partial charge in [-0.3, -0.25) is 4.99 Å². The number of fused-ring (bicyclic) bond motifs is 3. The average molecular weight is 470 g/mol. The average Bonchev–Trinajstić information content (AvgIpc) is 2.73. The Hall–Kier alpha value is -1.89. The molecular weight excluding hydrogens is 459 g/mol. The molecule has 0 bridgehead atoms. The van der Waals surface area contributed by atoms with Gasteiger partial charge in [-0.2, -0.15) is 4.57 Å². The van der Waals surface area contributed by atoms with Crippen LogP contribution in [-0.4, -0.2) is 10.7 Å². The molecule has 1 atom stereocenters. The summed E-state index contributed by atoms with van der Waals surface area (Å²) in [6.07, 6.45) is 3.45. The van der Waals surface area contributed by atoms with Gasteiger partial charge in [0, 0.05) is 0 Å². The first-order valence-corrected chi connectivity index (χ1v) is 9.51. The summed E-state index contributed by atoms with van der Waals surface area (Å²) in [5, 5.41) is 0.433. The minimum Gasteiger partial charge on any atom is -0.268 e. The second-order valence-corrected chi connectivity index (χ2v) is 7.71. The van der Waals surface area contributed by atoms with Gasteiger partial charge in [-0.25, -0.2) is 8.78 Å². The topological polar surface area (TPSA) is 29.1 Å². The summed E-state index contributed by atoms with van der Waals surface area (Å²) in [4.78, 5) is 9.01. The summed E-state index contributed by atoms with van der Waals surface area (Å²) in [6, 6.07) is 6.55. The lowest BCUT2D eigenvalue weighted by Gasteiger charge is -2.13. The second kappa shape index (κ2) is 6.93. The van der Waals surface area contributed by atoms with Crippen molar-refractivity contribution in [1.29, 1.82) is 0 Å². The molecule has 1 aromatic heterocycles. The molecule has 0 amide bonds. The summed E-state index contributed by atoms with van der Waals surface area (Å²) in [5.41, 5.74) is 0.784. The lowest BCUT2D eigenvalue weighted by molar-refractivity contribution is -0.610. The van der Waals surface area contributed by atoms with Crippen LogP contribution in [0.25, 0.3) is 5.69 Å². The largest absolute Gasteiger partial charge is 0.327 e. The first kappa shape index (κ1) is 18.5. The molecule has 0 aliphatic carbocycles. The maximum atomic E-state index is 14.6. The molecule has 2 aromatic carbocycles. The number of nitrogens with zero attached hydrogens (tertiary/aromatic N) is 3. The monoisotopic (exact) mass is 468 g/mol. The van der Waals surface area contributed by atoms with E-state index in [2.05, 4.69) is 25.9 Å². The third-order valence-corrected chi connectivity index (χ3v) is 5.50. The Morgan fingerprint density at radius 2 is 1.78 bits per heavy atom. The van der Waals surface area contributed by atoms with Crippen molar-refractivity contribution in [2.75, 3.05) is 0 Å². The third-order valence-electron chi connectivity index (χ3n) is 4.28. The number of hydrogen-bond donors (Lipinski definition) is 0. The van der Waals surface area contributed by atoms with Gasteiger partial charge in [0.05, 0.1) is 26.9 Å². The second-order valence-electron chi connectivity index (χ2n) is 6.01. The van der Waals surface area contributed by atoms with Crippen LogP contribution in [0.15, 0.2) is 52.2 Å². The van der Waals surface area contributed by atoms with E-state index in [4.69, 9.17) is 23.2 Å². The van der Waals surface area contributed by atoms with Gasteiger partial charge in [-0.1, -0.05) is 34.3 Å². The van der Waals surface area contributed by atoms with Crippen molar-refractivity contribution in [2.24, 2.45) is 4.99 Å². The predicted octanol–water partition coefficient (Wildman–Crippen LogP) is 5.62. The van der Waals surface area contributed by atoms with Crippen molar-refractivity contribution in [3.05, 3.63) is 85.8 Å². The molecule has 1 aliphatic rings. The van der Waals surface area contributed by atoms with Gasteiger partial charge in [0.2, 0.25) is 0 Å². The smallest absolute Gasteiger partial charge is 0.268 e. The zero-order valence-corrected chi connectivity index (χ0v) is 16.9. The van der Waals surface area contributed by atoms with Crippen LogP contribution in [0, 0.1) is 11.6 Å². The Morgan fingerprint density at radius 3 is 2.48 bits per heavy atom. The van der Waals surface area contributed by atoms with Gasteiger partial charge in [0.25, 0.3) is 0 Å². The van der Waals surface area contributed by atoms with Crippen LogP contribution >= 0.6 is 39.1 Å². The highest BCUT2D eigenvalue weighted by molar-refractivity contribution is 9.10. The number of hydrogen-bond acceptors (Lipinski definition) is 2. The number of halogens is 5. The quantitative estimate of drug-likeness (QED) is 0.425. The number of rotatable bonds is 1. The third kappa shape index (κ3) is 3.06.